The van der Waals surface area contributed by atoms with Gasteiger partial charge in [0.2, 0.25) is 0 Å². The van der Waals surface area contributed by atoms with Crippen LogP contribution >= 0.6 is 24.0 Å². The number of piperazine rings is 1. The van der Waals surface area contributed by atoms with Crippen LogP contribution in [0.4, 0.5) is 17.6 Å². The topological polar surface area (TPSA) is 15.3 Å². The summed E-state index contributed by atoms with van der Waals surface area (Å²) in [6.45, 7) is 2.31. The summed E-state index contributed by atoms with van der Waals surface area (Å²) >= 11 is 5.63. The minimum absolute atomic E-state index is 0. The van der Waals surface area contributed by atoms with Crippen molar-refractivity contribution in [3.63, 3.8) is 0 Å². The SMILES string of the molecule is Cl.FCC[C@@H](c1ccc(Cl)c(C(F)(F)F)c1)N1CCNCC1. The normalized spacial score (nSPS) is 17.9. The molecule has 0 aliphatic carbocycles. The molecule has 0 aromatic heterocycles. The van der Waals surface area contributed by atoms with Crippen molar-refractivity contribution in [2.24, 2.45) is 0 Å². The van der Waals surface area contributed by atoms with E-state index < -0.39 is 18.4 Å². The van der Waals surface area contributed by atoms with Gasteiger partial charge < -0.3 is 5.32 Å². The van der Waals surface area contributed by atoms with Crippen molar-refractivity contribution < 1.29 is 17.6 Å². The fraction of sp³-hybridized carbons (Fsp3) is 0.571. The first-order valence-corrected chi connectivity index (χ1v) is 7.18. The van der Waals surface area contributed by atoms with Crippen molar-refractivity contribution in [1.82, 2.24) is 10.2 Å². The second kappa shape index (κ2) is 8.34. The Morgan fingerprint density at radius 2 is 1.86 bits per heavy atom. The van der Waals surface area contributed by atoms with E-state index in [2.05, 4.69) is 5.32 Å². The zero-order valence-corrected chi connectivity index (χ0v) is 13.4. The summed E-state index contributed by atoms with van der Waals surface area (Å²) in [6.07, 6.45) is -4.32. The van der Waals surface area contributed by atoms with E-state index in [1.807, 2.05) is 4.90 Å². The summed E-state index contributed by atoms with van der Waals surface area (Å²) in [4.78, 5) is 2.01. The third kappa shape index (κ3) is 4.72. The fourth-order valence-electron chi connectivity index (χ4n) is 2.62. The van der Waals surface area contributed by atoms with Gasteiger partial charge in [0.1, 0.15) is 0 Å². The molecule has 22 heavy (non-hydrogen) atoms. The second-order valence-electron chi connectivity index (χ2n) is 5.02. The van der Waals surface area contributed by atoms with Gasteiger partial charge in [-0.25, -0.2) is 0 Å². The molecule has 1 aromatic rings. The lowest BCUT2D eigenvalue weighted by atomic mass is 9.99. The molecule has 1 aliphatic heterocycles. The van der Waals surface area contributed by atoms with Crippen molar-refractivity contribution in [3.05, 3.63) is 34.3 Å². The van der Waals surface area contributed by atoms with Crippen LogP contribution in [0.25, 0.3) is 0 Å². The zero-order valence-electron chi connectivity index (χ0n) is 11.8. The Kier molecular flexibility index (Phi) is 7.38. The number of nitrogens with zero attached hydrogens (tertiary/aromatic N) is 1. The summed E-state index contributed by atoms with van der Waals surface area (Å²) in [5.74, 6) is 0. The Bertz CT molecular complexity index is 476. The molecule has 1 atom stereocenters. The molecular weight excluding hydrogens is 343 g/mol. The van der Waals surface area contributed by atoms with Gasteiger partial charge in [0, 0.05) is 32.2 Å². The van der Waals surface area contributed by atoms with Crippen LogP contribution in [0.2, 0.25) is 5.02 Å². The summed E-state index contributed by atoms with van der Waals surface area (Å²) < 4.78 is 51.6. The Morgan fingerprint density at radius 1 is 1.23 bits per heavy atom. The van der Waals surface area contributed by atoms with Gasteiger partial charge in [0.05, 0.1) is 17.3 Å². The minimum Gasteiger partial charge on any atom is -0.314 e. The highest BCUT2D eigenvalue weighted by Gasteiger charge is 2.34. The molecule has 1 fully saturated rings. The summed E-state index contributed by atoms with van der Waals surface area (Å²) in [5.41, 5.74) is -0.396. The van der Waals surface area contributed by atoms with Crippen molar-refractivity contribution in [2.75, 3.05) is 32.9 Å². The highest BCUT2D eigenvalue weighted by molar-refractivity contribution is 6.31. The van der Waals surface area contributed by atoms with Gasteiger partial charge in [0.15, 0.2) is 0 Å². The van der Waals surface area contributed by atoms with Gasteiger partial charge in [-0.05, 0) is 24.1 Å². The molecule has 1 heterocycles. The Labute approximate surface area is 138 Å². The fourth-order valence-corrected chi connectivity index (χ4v) is 2.85. The van der Waals surface area contributed by atoms with Crippen LogP contribution in [0.5, 0.6) is 0 Å². The quantitative estimate of drug-likeness (QED) is 0.813. The van der Waals surface area contributed by atoms with Gasteiger partial charge in [-0.1, -0.05) is 17.7 Å². The van der Waals surface area contributed by atoms with Crippen LogP contribution in [0, 0.1) is 0 Å². The molecular formula is C14H18Cl2F4N2. The van der Waals surface area contributed by atoms with E-state index in [0.29, 0.717) is 18.7 Å². The molecule has 1 saturated heterocycles. The maximum absolute atomic E-state index is 12.9. The predicted molar refractivity (Wildman–Crippen MR) is 81.5 cm³/mol. The van der Waals surface area contributed by atoms with Crippen molar-refractivity contribution in [3.8, 4) is 0 Å². The minimum atomic E-state index is -4.50. The smallest absolute Gasteiger partial charge is 0.314 e. The number of hydrogen-bond acceptors (Lipinski definition) is 2. The van der Waals surface area contributed by atoms with E-state index in [1.165, 1.54) is 6.07 Å². The van der Waals surface area contributed by atoms with Gasteiger partial charge in [0.25, 0.3) is 0 Å². The predicted octanol–water partition coefficient (Wildman–Crippen LogP) is 4.09. The summed E-state index contributed by atoms with van der Waals surface area (Å²) in [5, 5.41) is 2.84. The van der Waals surface area contributed by atoms with E-state index in [4.69, 9.17) is 11.6 Å². The first-order valence-electron chi connectivity index (χ1n) is 6.81. The number of rotatable bonds is 4. The maximum Gasteiger partial charge on any atom is 0.417 e. The summed E-state index contributed by atoms with van der Waals surface area (Å²) in [6, 6.07) is 3.49. The molecule has 126 valence electrons. The molecule has 0 radical (unpaired) electrons. The largest absolute Gasteiger partial charge is 0.417 e. The highest BCUT2D eigenvalue weighted by Crippen LogP contribution is 2.37. The Morgan fingerprint density at radius 3 is 2.41 bits per heavy atom. The van der Waals surface area contributed by atoms with Crippen LogP contribution in [-0.4, -0.2) is 37.8 Å². The average molecular weight is 361 g/mol. The van der Waals surface area contributed by atoms with Gasteiger partial charge in [-0.15, -0.1) is 12.4 Å². The van der Waals surface area contributed by atoms with Crippen LogP contribution < -0.4 is 5.32 Å². The van der Waals surface area contributed by atoms with Crippen LogP contribution in [0.3, 0.4) is 0 Å². The lowest BCUT2D eigenvalue weighted by Crippen LogP contribution is -2.45. The molecule has 1 aromatic carbocycles. The van der Waals surface area contributed by atoms with Crippen LogP contribution in [0.15, 0.2) is 18.2 Å². The van der Waals surface area contributed by atoms with Gasteiger partial charge >= 0.3 is 6.18 Å². The first kappa shape index (κ1) is 19.5. The molecule has 2 rings (SSSR count). The van der Waals surface area contributed by atoms with E-state index in [-0.39, 0.29) is 29.9 Å². The first-order chi connectivity index (χ1) is 9.93. The van der Waals surface area contributed by atoms with E-state index in [0.717, 1.165) is 19.2 Å². The Hall–Kier alpha value is -0.560. The Balaban J connectivity index is 0.00000242. The van der Waals surface area contributed by atoms with Crippen LogP contribution in [0.1, 0.15) is 23.6 Å². The van der Waals surface area contributed by atoms with Crippen molar-refractivity contribution in [1.29, 1.82) is 0 Å². The molecule has 0 spiro atoms. The lowest BCUT2D eigenvalue weighted by molar-refractivity contribution is -0.137. The van der Waals surface area contributed by atoms with Crippen LogP contribution in [-0.2, 0) is 6.18 Å². The van der Waals surface area contributed by atoms with E-state index >= 15 is 0 Å². The molecule has 8 heteroatoms. The maximum atomic E-state index is 12.9. The number of nitrogens with one attached hydrogen (secondary N) is 1. The van der Waals surface area contributed by atoms with Gasteiger partial charge in [-0.3, -0.25) is 9.29 Å². The monoisotopic (exact) mass is 360 g/mol. The van der Waals surface area contributed by atoms with Gasteiger partial charge in [-0.2, -0.15) is 13.2 Å². The van der Waals surface area contributed by atoms with E-state index in [9.17, 15) is 17.6 Å². The number of hydrogen-bond donors (Lipinski definition) is 1. The zero-order chi connectivity index (χ0) is 15.5. The standard InChI is InChI=1S/C14H17ClF4N2.ClH/c15-12-2-1-10(9-11(12)14(17,18)19)13(3-4-16)21-7-5-20-6-8-21;/h1-2,9,13,20H,3-8H2;1H/t13-;/m0./s1. The second-order valence-corrected chi connectivity index (χ2v) is 5.42. The lowest BCUT2D eigenvalue weighted by Gasteiger charge is -2.35. The molecule has 0 unspecified atom stereocenters. The highest BCUT2D eigenvalue weighted by atomic mass is 35.5. The molecule has 1 N–H and O–H groups in total. The number of halogens is 6. The number of alkyl halides is 4. The third-order valence-electron chi connectivity index (χ3n) is 3.66. The molecule has 2 nitrogen and oxygen atoms in total. The molecule has 0 bridgehead atoms. The van der Waals surface area contributed by atoms with Crippen molar-refractivity contribution in [2.45, 2.75) is 18.6 Å². The molecule has 0 amide bonds. The third-order valence-corrected chi connectivity index (χ3v) is 3.99. The average Bonchev–Trinajstić information content (AvgIpc) is 2.45. The summed E-state index contributed by atoms with van der Waals surface area (Å²) in [7, 11) is 0. The number of benzene rings is 1. The molecule has 1 aliphatic rings. The van der Waals surface area contributed by atoms with Crippen molar-refractivity contribution >= 4 is 24.0 Å². The molecule has 0 saturated carbocycles. The van der Waals surface area contributed by atoms with E-state index in [1.54, 1.807) is 6.07 Å².